The molecule has 1 aliphatic rings. The Morgan fingerprint density at radius 2 is 2.50 bits per heavy atom. The molecule has 0 bridgehead atoms. The van der Waals surface area contributed by atoms with Crippen LogP contribution in [0.2, 0.25) is 0 Å². The number of hydrogen-bond acceptors (Lipinski definition) is 4. The zero-order valence-corrected chi connectivity index (χ0v) is 6.83. The Kier molecular flexibility index (Phi) is 2.47. The molecule has 1 fully saturated rings. The molecule has 66 valence electrons. The number of carbonyl (C=O) groups excluding carboxylic acids is 2. The third-order valence-corrected chi connectivity index (χ3v) is 1.66. The molecule has 1 heterocycles. The fraction of sp³-hybridized carbons (Fsp3) is 0.500. The van der Waals surface area contributed by atoms with E-state index in [0.29, 0.717) is 12.0 Å². The average molecular weight is 170 g/mol. The van der Waals surface area contributed by atoms with Gasteiger partial charge in [-0.2, -0.15) is 0 Å². The fourth-order valence-corrected chi connectivity index (χ4v) is 1.02. The first-order valence-electron chi connectivity index (χ1n) is 3.59. The molecule has 4 heteroatoms. The van der Waals surface area contributed by atoms with Crippen molar-refractivity contribution in [2.75, 3.05) is 7.11 Å². The molecular formula is C8H10O4. The maximum Gasteiger partial charge on any atom is 0.333 e. The summed E-state index contributed by atoms with van der Waals surface area (Å²) in [5.74, 6) is -0.786. The highest BCUT2D eigenvalue weighted by atomic mass is 16.6. The van der Waals surface area contributed by atoms with Gasteiger partial charge in [0, 0.05) is 12.0 Å². The molecule has 1 saturated heterocycles. The first-order chi connectivity index (χ1) is 5.63. The van der Waals surface area contributed by atoms with Crippen molar-refractivity contribution in [3.8, 4) is 0 Å². The highest BCUT2D eigenvalue weighted by molar-refractivity contribution is 5.90. The van der Waals surface area contributed by atoms with E-state index >= 15 is 0 Å². The molecule has 0 N–H and O–H groups in total. The lowest BCUT2D eigenvalue weighted by Gasteiger charge is -2.05. The molecule has 0 aromatic rings. The lowest BCUT2D eigenvalue weighted by atomic mass is 10.1. The standard InChI is InChI=1S/C8H10O4/c1-5-3-6(12-8(5)10)4-7(9)11-2/h6H,1,3-4H2,2H3. The molecule has 1 atom stereocenters. The van der Waals surface area contributed by atoms with Gasteiger partial charge in [0.1, 0.15) is 6.10 Å². The van der Waals surface area contributed by atoms with Gasteiger partial charge < -0.3 is 9.47 Å². The van der Waals surface area contributed by atoms with Gasteiger partial charge in [-0.05, 0) is 0 Å². The first kappa shape index (κ1) is 8.77. The Balaban J connectivity index is 2.42. The van der Waals surface area contributed by atoms with Crippen molar-refractivity contribution in [1.82, 2.24) is 0 Å². The van der Waals surface area contributed by atoms with Crippen LogP contribution in [0.5, 0.6) is 0 Å². The van der Waals surface area contributed by atoms with Crippen LogP contribution >= 0.6 is 0 Å². The molecule has 12 heavy (non-hydrogen) atoms. The van der Waals surface area contributed by atoms with E-state index in [2.05, 4.69) is 11.3 Å². The van der Waals surface area contributed by atoms with E-state index in [1.165, 1.54) is 7.11 Å². The SMILES string of the molecule is C=C1CC(CC(=O)OC)OC1=O. The van der Waals surface area contributed by atoms with Crippen LogP contribution in [0.4, 0.5) is 0 Å². The van der Waals surface area contributed by atoms with Crippen LogP contribution in [-0.2, 0) is 19.1 Å². The molecule has 1 unspecified atom stereocenters. The quantitative estimate of drug-likeness (QED) is 0.445. The van der Waals surface area contributed by atoms with Gasteiger partial charge in [-0.1, -0.05) is 6.58 Å². The normalized spacial score (nSPS) is 22.2. The van der Waals surface area contributed by atoms with E-state index in [0.717, 1.165) is 0 Å². The summed E-state index contributed by atoms with van der Waals surface area (Å²) in [4.78, 5) is 21.5. The summed E-state index contributed by atoms with van der Waals surface area (Å²) >= 11 is 0. The molecule has 0 amide bonds. The van der Waals surface area contributed by atoms with Gasteiger partial charge in [0.15, 0.2) is 0 Å². The molecule has 0 aromatic heterocycles. The average Bonchev–Trinajstić information content (AvgIpc) is 2.31. The number of cyclic esters (lactones) is 1. The molecule has 0 spiro atoms. The maximum absolute atomic E-state index is 10.8. The fourth-order valence-electron chi connectivity index (χ4n) is 1.02. The summed E-state index contributed by atoms with van der Waals surface area (Å²) in [7, 11) is 1.30. The van der Waals surface area contributed by atoms with Gasteiger partial charge in [-0.3, -0.25) is 4.79 Å². The van der Waals surface area contributed by atoms with Crippen molar-refractivity contribution < 1.29 is 19.1 Å². The molecule has 0 radical (unpaired) electrons. The Labute approximate surface area is 70.1 Å². The van der Waals surface area contributed by atoms with Gasteiger partial charge in [-0.15, -0.1) is 0 Å². The number of rotatable bonds is 2. The Bertz CT molecular complexity index is 215. The molecule has 1 rings (SSSR count). The van der Waals surface area contributed by atoms with Gasteiger partial charge in [-0.25, -0.2) is 4.79 Å². The smallest absolute Gasteiger partial charge is 0.333 e. The summed E-state index contributed by atoms with van der Waals surface area (Å²) in [6.07, 6.45) is 0.160. The van der Waals surface area contributed by atoms with Gasteiger partial charge in [0.2, 0.25) is 0 Å². The van der Waals surface area contributed by atoms with Crippen LogP contribution in [0.15, 0.2) is 12.2 Å². The van der Waals surface area contributed by atoms with Crippen LogP contribution in [0.1, 0.15) is 12.8 Å². The van der Waals surface area contributed by atoms with Crippen molar-refractivity contribution in [1.29, 1.82) is 0 Å². The molecular weight excluding hydrogens is 160 g/mol. The second-order valence-corrected chi connectivity index (χ2v) is 2.62. The molecule has 0 aromatic carbocycles. The molecule has 1 aliphatic heterocycles. The number of carbonyl (C=O) groups is 2. The zero-order chi connectivity index (χ0) is 9.14. The Morgan fingerprint density at radius 1 is 1.83 bits per heavy atom. The Hall–Kier alpha value is -1.32. The van der Waals surface area contributed by atoms with Crippen LogP contribution in [0.25, 0.3) is 0 Å². The van der Waals surface area contributed by atoms with E-state index in [1.807, 2.05) is 0 Å². The number of hydrogen-bond donors (Lipinski definition) is 0. The van der Waals surface area contributed by atoms with E-state index in [9.17, 15) is 9.59 Å². The third-order valence-electron chi connectivity index (χ3n) is 1.66. The van der Waals surface area contributed by atoms with E-state index < -0.39 is 5.97 Å². The van der Waals surface area contributed by atoms with Crippen LogP contribution in [0.3, 0.4) is 0 Å². The predicted molar refractivity (Wildman–Crippen MR) is 40.3 cm³/mol. The second kappa shape index (κ2) is 3.38. The van der Waals surface area contributed by atoms with E-state index in [-0.39, 0.29) is 18.5 Å². The number of ether oxygens (including phenoxy) is 2. The zero-order valence-electron chi connectivity index (χ0n) is 6.83. The summed E-state index contributed by atoms with van der Waals surface area (Å²) in [6, 6.07) is 0. The molecule has 0 saturated carbocycles. The minimum Gasteiger partial charge on any atom is -0.469 e. The maximum atomic E-state index is 10.8. The van der Waals surface area contributed by atoms with E-state index in [1.54, 1.807) is 0 Å². The van der Waals surface area contributed by atoms with Crippen LogP contribution in [-0.4, -0.2) is 25.2 Å². The summed E-state index contributed by atoms with van der Waals surface area (Å²) in [5, 5.41) is 0. The van der Waals surface area contributed by atoms with Gasteiger partial charge in [0.05, 0.1) is 13.5 Å². The largest absolute Gasteiger partial charge is 0.469 e. The van der Waals surface area contributed by atoms with Crippen molar-refractivity contribution in [2.45, 2.75) is 18.9 Å². The summed E-state index contributed by atoms with van der Waals surface area (Å²) in [6.45, 7) is 3.49. The lowest BCUT2D eigenvalue weighted by Crippen LogP contribution is -2.14. The topological polar surface area (TPSA) is 52.6 Å². The van der Waals surface area contributed by atoms with E-state index in [4.69, 9.17) is 4.74 Å². The Morgan fingerprint density at radius 3 is 2.92 bits per heavy atom. The third kappa shape index (κ3) is 1.84. The van der Waals surface area contributed by atoms with Crippen molar-refractivity contribution in [3.63, 3.8) is 0 Å². The number of esters is 2. The second-order valence-electron chi connectivity index (χ2n) is 2.62. The lowest BCUT2D eigenvalue weighted by molar-refractivity contribution is -0.146. The molecule has 0 aliphatic carbocycles. The van der Waals surface area contributed by atoms with Gasteiger partial charge in [0.25, 0.3) is 0 Å². The number of methoxy groups -OCH3 is 1. The van der Waals surface area contributed by atoms with Crippen molar-refractivity contribution >= 4 is 11.9 Å². The first-order valence-corrected chi connectivity index (χ1v) is 3.59. The highest BCUT2D eigenvalue weighted by Gasteiger charge is 2.29. The summed E-state index contributed by atoms with van der Waals surface area (Å²) < 4.78 is 9.23. The monoisotopic (exact) mass is 170 g/mol. The summed E-state index contributed by atoms with van der Waals surface area (Å²) in [5.41, 5.74) is 0.420. The minimum atomic E-state index is -0.413. The van der Waals surface area contributed by atoms with Gasteiger partial charge >= 0.3 is 11.9 Å². The highest BCUT2D eigenvalue weighted by Crippen LogP contribution is 2.20. The predicted octanol–water partition coefficient (Wildman–Crippen LogP) is 0.421. The van der Waals surface area contributed by atoms with Crippen molar-refractivity contribution in [3.05, 3.63) is 12.2 Å². The van der Waals surface area contributed by atoms with Crippen LogP contribution < -0.4 is 0 Å². The molecule has 4 nitrogen and oxygen atoms in total. The van der Waals surface area contributed by atoms with Crippen LogP contribution in [0, 0.1) is 0 Å². The van der Waals surface area contributed by atoms with Crippen molar-refractivity contribution in [2.24, 2.45) is 0 Å². The minimum absolute atomic E-state index is 0.112.